The number of benzene rings is 2. The van der Waals surface area contributed by atoms with E-state index < -0.39 is 0 Å². The molecule has 2 amide bonds. The first kappa shape index (κ1) is 27.6. The van der Waals surface area contributed by atoms with Crippen molar-refractivity contribution in [3.05, 3.63) is 95.2 Å². The molecule has 2 saturated heterocycles. The van der Waals surface area contributed by atoms with Crippen molar-refractivity contribution in [2.75, 3.05) is 26.2 Å². The third-order valence-electron chi connectivity index (χ3n) is 13.9. The fourth-order valence-corrected chi connectivity index (χ4v) is 12.1. The Morgan fingerprint density at radius 2 is 1.00 bits per heavy atom. The zero-order chi connectivity index (χ0) is 31.8. The van der Waals surface area contributed by atoms with E-state index in [9.17, 15) is 9.59 Å². The van der Waals surface area contributed by atoms with E-state index in [-0.39, 0.29) is 22.7 Å². The van der Waals surface area contributed by atoms with Gasteiger partial charge in [0.25, 0.3) is 0 Å². The molecule has 10 heteroatoms. The molecule has 244 valence electrons. The Labute approximate surface area is 278 Å². The van der Waals surface area contributed by atoms with Crippen LogP contribution in [0.25, 0.3) is 0 Å². The number of hydrogen-bond donors (Lipinski definition) is 0. The summed E-state index contributed by atoms with van der Waals surface area (Å²) in [6.45, 7) is 2.83. The molecule has 6 saturated carbocycles. The molecular weight excluding hydrogens is 604 g/mol. The van der Waals surface area contributed by atoms with Crippen LogP contribution < -0.4 is 0 Å². The largest absolute Gasteiger partial charge is 0.341 e. The van der Waals surface area contributed by atoms with Crippen LogP contribution in [0.4, 0.5) is 0 Å². The predicted molar refractivity (Wildman–Crippen MR) is 170 cm³/mol. The van der Waals surface area contributed by atoms with Crippen LogP contribution in [0.5, 0.6) is 0 Å². The second kappa shape index (κ2) is 9.64. The zero-order valence-electron chi connectivity index (χ0n) is 26.8. The average molecular weight is 643 g/mol. The number of aromatic nitrogens is 4. The van der Waals surface area contributed by atoms with E-state index in [0.29, 0.717) is 72.2 Å². The van der Waals surface area contributed by atoms with E-state index in [0.717, 1.165) is 63.3 Å². The van der Waals surface area contributed by atoms with Gasteiger partial charge in [0.1, 0.15) is 0 Å². The monoisotopic (exact) mass is 642 g/mol. The first-order valence-electron chi connectivity index (χ1n) is 17.9. The molecule has 0 radical (unpaired) electrons. The van der Waals surface area contributed by atoms with Gasteiger partial charge in [-0.3, -0.25) is 9.59 Å². The normalized spacial score (nSPS) is 37.2. The SMILES string of the molecule is O=C(N1CC[C@@H](c2nc(CCc3ccccc3)no2)C1)C12C3C4C1C1C2C3C41C(=O)N1CC[C@@H](c2nc(CCc3ccccc3)no2)C1. The Bertz CT molecular complexity index is 1740. The second-order valence-corrected chi connectivity index (χ2v) is 15.6. The van der Waals surface area contributed by atoms with Crippen molar-refractivity contribution in [2.45, 2.75) is 50.4 Å². The highest BCUT2D eigenvalue weighted by molar-refractivity contribution is 6.00. The molecule has 0 spiro atoms. The fraction of sp³-hybridized carbons (Fsp3) is 0.526. The Kier molecular flexibility index (Phi) is 5.54. The molecule has 8 fully saturated rings. The summed E-state index contributed by atoms with van der Waals surface area (Å²) in [5.74, 6) is 6.22. The molecule has 0 N–H and O–H groups in total. The molecule has 2 aliphatic heterocycles. The van der Waals surface area contributed by atoms with Crippen LogP contribution in [0, 0.1) is 46.3 Å². The molecule has 12 rings (SSSR count). The van der Waals surface area contributed by atoms with Gasteiger partial charge in [0.15, 0.2) is 11.6 Å². The van der Waals surface area contributed by atoms with Crippen molar-refractivity contribution in [3.8, 4) is 0 Å². The van der Waals surface area contributed by atoms with E-state index in [1.165, 1.54) is 11.1 Å². The standard InChI is InChI=1S/C38H38N6O4/c45-35(43-17-15-23(19-43)33-39-25(41-47-33)13-11-21-7-3-1-4-8-21)37-27-30-28(37)32-29(37)31(27)38(30,32)36(46)44-18-16-24(20-44)34-40-26(42-48-34)14-12-22-9-5-2-6-10-22/h1-10,23-24,27-32H,11-20H2/t23-,24-,27?,28?,29?,30?,31?,32?,37?,38?/m1/s1. The Morgan fingerprint density at radius 3 is 1.40 bits per heavy atom. The number of nitrogens with zero attached hydrogens (tertiary/aromatic N) is 6. The van der Waals surface area contributed by atoms with Gasteiger partial charge in [-0.1, -0.05) is 71.0 Å². The van der Waals surface area contributed by atoms with Gasteiger partial charge < -0.3 is 18.8 Å². The van der Waals surface area contributed by atoms with Gasteiger partial charge in [-0.2, -0.15) is 9.97 Å². The minimum Gasteiger partial charge on any atom is -0.341 e. The van der Waals surface area contributed by atoms with Gasteiger partial charge in [-0.15, -0.1) is 0 Å². The highest BCUT2D eigenvalue weighted by atomic mass is 16.5. The third kappa shape index (κ3) is 3.25. The van der Waals surface area contributed by atoms with E-state index in [4.69, 9.17) is 19.0 Å². The lowest BCUT2D eigenvalue weighted by molar-refractivity contribution is -0.626. The second-order valence-electron chi connectivity index (χ2n) is 15.6. The lowest BCUT2D eigenvalue weighted by atomic mass is 8.92. The Balaban J connectivity index is 0.698. The molecule has 0 unspecified atom stereocenters. The van der Waals surface area contributed by atoms with Gasteiger partial charge in [0.05, 0.1) is 22.7 Å². The summed E-state index contributed by atoms with van der Waals surface area (Å²) in [5.41, 5.74) is 2.19. The van der Waals surface area contributed by atoms with Gasteiger partial charge in [0.2, 0.25) is 23.6 Å². The zero-order valence-corrected chi connectivity index (χ0v) is 26.8. The number of hydrogen-bond acceptors (Lipinski definition) is 8. The summed E-state index contributed by atoms with van der Waals surface area (Å²) in [7, 11) is 0. The number of rotatable bonds is 10. The topological polar surface area (TPSA) is 118 Å². The van der Waals surface area contributed by atoms with E-state index in [2.05, 4.69) is 44.4 Å². The molecule has 4 aromatic rings. The number of carbonyl (C=O) groups is 2. The minimum absolute atomic E-state index is 0.106. The van der Waals surface area contributed by atoms with Crippen LogP contribution in [0.1, 0.15) is 59.2 Å². The number of carbonyl (C=O) groups excluding carboxylic acids is 2. The van der Waals surface area contributed by atoms with Crippen molar-refractivity contribution in [3.63, 3.8) is 0 Å². The van der Waals surface area contributed by atoms with Crippen molar-refractivity contribution < 1.29 is 18.6 Å². The molecule has 10 nitrogen and oxygen atoms in total. The number of likely N-dealkylation sites (tertiary alicyclic amines) is 2. The van der Waals surface area contributed by atoms with Crippen molar-refractivity contribution in [1.82, 2.24) is 30.1 Å². The molecule has 4 heterocycles. The van der Waals surface area contributed by atoms with Crippen LogP contribution in [0.2, 0.25) is 0 Å². The summed E-state index contributed by atoms with van der Waals surface area (Å²) < 4.78 is 11.4. The highest BCUT2D eigenvalue weighted by Crippen LogP contribution is 3.10. The highest BCUT2D eigenvalue weighted by Gasteiger charge is 3.13. The maximum Gasteiger partial charge on any atom is 0.231 e. The molecule has 2 aromatic carbocycles. The number of aryl methyl sites for hydroxylation is 4. The Morgan fingerprint density at radius 1 is 0.604 bits per heavy atom. The first-order valence-corrected chi connectivity index (χ1v) is 17.9. The van der Waals surface area contributed by atoms with Crippen molar-refractivity contribution >= 4 is 11.8 Å². The van der Waals surface area contributed by atoms with Gasteiger partial charge in [-0.05, 0) is 72.3 Å². The summed E-state index contributed by atoms with van der Waals surface area (Å²) in [6.07, 6.45) is 4.97. The minimum atomic E-state index is -0.167. The summed E-state index contributed by atoms with van der Waals surface area (Å²) in [6, 6.07) is 20.7. The molecule has 2 atom stereocenters. The van der Waals surface area contributed by atoms with Gasteiger partial charge in [0, 0.05) is 39.0 Å². The maximum atomic E-state index is 14.1. The van der Waals surface area contributed by atoms with Crippen LogP contribution in [-0.2, 0) is 35.3 Å². The van der Waals surface area contributed by atoms with Crippen molar-refractivity contribution in [1.29, 1.82) is 0 Å². The molecule has 0 bridgehead atoms. The summed E-state index contributed by atoms with van der Waals surface area (Å²) in [5, 5.41) is 8.49. The van der Waals surface area contributed by atoms with Crippen LogP contribution >= 0.6 is 0 Å². The summed E-state index contributed by atoms with van der Waals surface area (Å²) in [4.78, 5) is 41.7. The van der Waals surface area contributed by atoms with E-state index in [1.54, 1.807) is 0 Å². The van der Waals surface area contributed by atoms with Crippen LogP contribution in [0.3, 0.4) is 0 Å². The van der Waals surface area contributed by atoms with Crippen LogP contribution in [-0.4, -0.2) is 68.1 Å². The van der Waals surface area contributed by atoms with E-state index >= 15 is 0 Å². The predicted octanol–water partition coefficient (Wildman–Crippen LogP) is 4.09. The average Bonchev–Trinajstić information content (AvgIpc) is 3.97. The third-order valence-corrected chi connectivity index (χ3v) is 13.9. The van der Waals surface area contributed by atoms with Gasteiger partial charge >= 0.3 is 0 Å². The molecule has 2 aromatic heterocycles. The quantitative estimate of drug-likeness (QED) is 0.254. The fourth-order valence-electron chi connectivity index (χ4n) is 12.1. The molecule has 8 aliphatic rings. The summed E-state index contributed by atoms with van der Waals surface area (Å²) >= 11 is 0. The van der Waals surface area contributed by atoms with Crippen molar-refractivity contribution in [2.24, 2.45) is 46.3 Å². The number of amides is 2. The van der Waals surface area contributed by atoms with E-state index in [1.807, 2.05) is 36.4 Å². The molecule has 48 heavy (non-hydrogen) atoms. The molecule has 6 aliphatic carbocycles. The lowest BCUT2D eigenvalue weighted by Crippen LogP contribution is -3.12. The first-order chi connectivity index (χ1) is 23.6. The molecular formula is C38H38N6O4. The Hall–Kier alpha value is -4.34. The maximum absolute atomic E-state index is 14.1. The van der Waals surface area contributed by atoms with Gasteiger partial charge in [-0.25, -0.2) is 0 Å². The lowest BCUT2D eigenvalue weighted by Gasteiger charge is -3.09. The smallest absolute Gasteiger partial charge is 0.231 e. The van der Waals surface area contributed by atoms with Crippen LogP contribution in [0.15, 0.2) is 69.7 Å².